The SMILES string of the molecule is O=C(CCC1NC(=O)N(c2ccccc2)C1=O)NCCc1nnc2ccccn12. The van der Waals surface area contributed by atoms with E-state index in [4.69, 9.17) is 0 Å². The van der Waals surface area contributed by atoms with Gasteiger partial charge in [0.1, 0.15) is 11.9 Å². The van der Waals surface area contributed by atoms with E-state index in [2.05, 4.69) is 20.8 Å². The number of para-hydroxylation sites is 1. The molecule has 0 aliphatic carbocycles. The maximum absolute atomic E-state index is 12.5. The molecule has 3 aromatic rings. The van der Waals surface area contributed by atoms with Crippen molar-refractivity contribution in [1.82, 2.24) is 25.2 Å². The smallest absolute Gasteiger partial charge is 0.329 e. The van der Waals surface area contributed by atoms with E-state index in [0.29, 0.717) is 18.7 Å². The Bertz CT molecular complexity index is 1050. The van der Waals surface area contributed by atoms with Crippen LogP contribution in [-0.4, -0.2) is 45.0 Å². The van der Waals surface area contributed by atoms with Gasteiger partial charge in [0, 0.05) is 25.6 Å². The summed E-state index contributed by atoms with van der Waals surface area (Å²) < 4.78 is 1.87. The number of aromatic nitrogens is 3. The van der Waals surface area contributed by atoms with Crippen molar-refractivity contribution >= 4 is 29.2 Å². The second-order valence-corrected chi connectivity index (χ2v) is 6.69. The summed E-state index contributed by atoms with van der Waals surface area (Å²) in [6.07, 6.45) is 2.80. The van der Waals surface area contributed by atoms with Crippen LogP contribution >= 0.6 is 0 Å². The molecular formula is C20H20N6O3. The number of carbonyl (C=O) groups excluding carboxylic acids is 3. The number of pyridine rings is 1. The van der Waals surface area contributed by atoms with E-state index in [-0.39, 0.29) is 24.7 Å². The van der Waals surface area contributed by atoms with Crippen molar-refractivity contribution in [2.45, 2.75) is 25.3 Å². The first kappa shape index (κ1) is 18.6. The van der Waals surface area contributed by atoms with Crippen LogP contribution in [0.2, 0.25) is 0 Å². The maximum Gasteiger partial charge on any atom is 0.329 e. The Morgan fingerprint density at radius 3 is 2.69 bits per heavy atom. The average Bonchev–Trinajstić information content (AvgIpc) is 3.27. The normalized spacial score (nSPS) is 16.3. The molecule has 1 atom stereocenters. The summed E-state index contributed by atoms with van der Waals surface area (Å²) in [5.74, 6) is 0.237. The van der Waals surface area contributed by atoms with Gasteiger partial charge in [0.15, 0.2) is 5.65 Å². The molecule has 1 aliphatic heterocycles. The Morgan fingerprint density at radius 1 is 1.07 bits per heavy atom. The van der Waals surface area contributed by atoms with Crippen LogP contribution < -0.4 is 15.5 Å². The van der Waals surface area contributed by atoms with Crippen LogP contribution in [0.15, 0.2) is 54.7 Å². The van der Waals surface area contributed by atoms with E-state index in [1.165, 1.54) is 0 Å². The third-order valence-electron chi connectivity index (χ3n) is 4.75. The molecule has 148 valence electrons. The number of carbonyl (C=O) groups is 3. The molecule has 0 bridgehead atoms. The number of nitrogens with one attached hydrogen (secondary N) is 2. The summed E-state index contributed by atoms with van der Waals surface area (Å²) in [4.78, 5) is 37.9. The highest BCUT2D eigenvalue weighted by molar-refractivity contribution is 6.21. The third kappa shape index (κ3) is 3.93. The number of nitrogens with zero attached hydrogens (tertiary/aromatic N) is 4. The van der Waals surface area contributed by atoms with E-state index in [1.54, 1.807) is 24.3 Å². The predicted molar refractivity (Wildman–Crippen MR) is 105 cm³/mol. The van der Waals surface area contributed by atoms with E-state index in [1.807, 2.05) is 34.9 Å². The molecule has 2 aromatic heterocycles. The lowest BCUT2D eigenvalue weighted by atomic mass is 10.1. The monoisotopic (exact) mass is 392 g/mol. The molecule has 3 heterocycles. The van der Waals surface area contributed by atoms with Gasteiger partial charge in [-0.05, 0) is 30.7 Å². The molecule has 4 amide bonds. The Labute approximate surface area is 166 Å². The lowest BCUT2D eigenvalue weighted by Gasteiger charge is -2.12. The topological polar surface area (TPSA) is 109 Å². The fourth-order valence-electron chi connectivity index (χ4n) is 3.29. The molecule has 0 radical (unpaired) electrons. The maximum atomic E-state index is 12.5. The predicted octanol–water partition coefficient (Wildman–Crippen LogP) is 1.29. The Kier molecular flexibility index (Phi) is 5.19. The highest BCUT2D eigenvalue weighted by Gasteiger charge is 2.38. The fraction of sp³-hybridized carbons (Fsp3) is 0.250. The van der Waals surface area contributed by atoms with Crippen LogP contribution in [0.25, 0.3) is 5.65 Å². The molecular weight excluding hydrogens is 372 g/mol. The van der Waals surface area contributed by atoms with Crippen molar-refractivity contribution in [3.8, 4) is 0 Å². The number of hydrogen-bond donors (Lipinski definition) is 2. The Morgan fingerprint density at radius 2 is 1.86 bits per heavy atom. The van der Waals surface area contributed by atoms with Gasteiger partial charge in [-0.3, -0.25) is 14.0 Å². The zero-order chi connectivity index (χ0) is 20.2. The van der Waals surface area contributed by atoms with Crippen LogP contribution in [0.5, 0.6) is 0 Å². The van der Waals surface area contributed by atoms with Crippen molar-refractivity contribution in [1.29, 1.82) is 0 Å². The lowest BCUT2D eigenvalue weighted by Crippen LogP contribution is -2.33. The van der Waals surface area contributed by atoms with Gasteiger partial charge in [0.2, 0.25) is 5.91 Å². The first-order valence-electron chi connectivity index (χ1n) is 9.38. The second kappa shape index (κ2) is 8.09. The van der Waals surface area contributed by atoms with Gasteiger partial charge in [0.05, 0.1) is 5.69 Å². The molecule has 1 aromatic carbocycles. The number of amides is 4. The van der Waals surface area contributed by atoms with Gasteiger partial charge in [-0.15, -0.1) is 10.2 Å². The largest absolute Gasteiger partial charge is 0.356 e. The molecule has 1 aliphatic rings. The van der Waals surface area contributed by atoms with Gasteiger partial charge < -0.3 is 10.6 Å². The fourth-order valence-corrected chi connectivity index (χ4v) is 3.29. The molecule has 2 N–H and O–H groups in total. The van der Waals surface area contributed by atoms with E-state index >= 15 is 0 Å². The summed E-state index contributed by atoms with van der Waals surface area (Å²) in [5, 5.41) is 13.7. The quantitative estimate of drug-likeness (QED) is 0.589. The second-order valence-electron chi connectivity index (χ2n) is 6.69. The summed E-state index contributed by atoms with van der Waals surface area (Å²) >= 11 is 0. The first-order chi connectivity index (χ1) is 14.1. The number of fused-ring (bicyclic) bond motifs is 1. The zero-order valence-corrected chi connectivity index (χ0v) is 15.6. The van der Waals surface area contributed by atoms with Crippen LogP contribution in [0.4, 0.5) is 10.5 Å². The summed E-state index contributed by atoms with van der Waals surface area (Å²) in [6, 6.07) is 13.2. The van der Waals surface area contributed by atoms with Crippen molar-refractivity contribution in [2.75, 3.05) is 11.4 Å². The molecule has 4 rings (SSSR count). The minimum atomic E-state index is -0.700. The molecule has 1 fully saturated rings. The molecule has 0 spiro atoms. The molecule has 29 heavy (non-hydrogen) atoms. The van der Waals surface area contributed by atoms with E-state index in [9.17, 15) is 14.4 Å². The van der Waals surface area contributed by atoms with Gasteiger partial charge in [-0.25, -0.2) is 9.69 Å². The lowest BCUT2D eigenvalue weighted by molar-refractivity contribution is -0.121. The average molecular weight is 392 g/mol. The standard InChI is InChI=1S/C20H20N6O3/c27-18(21-12-11-17-24-23-16-8-4-5-13-25(16)17)10-9-15-19(28)26(20(29)22-15)14-6-2-1-3-7-14/h1-8,13,15H,9-12H2,(H,21,27)(H,22,29). The Hall–Kier alpha value is -3.75. The minimum absolute atomic E-state index is 0.139. The summed E-state index contributed by atoms with van der Waals surface area (Å²) in [6.45, 7) is 0.412. The number of anilines is 1. The summed E-state index contributed by atoms with van der Waals surface area (Å²) in [5.41, 5.74) is 1.27. The van der Waals surface area contributed by atoms with Gasteiger partial charge in [-0.1, -0.05) is 24.3 Å². The highest BCUT2D eigenvalue weighted by atomic mass is 16.2. The number of urea groups is 1. The zero-order valence-electron chi connectivity index (χ0n) is 15.6. The summed E-state index contributed by atoms with van der Waals surface area (Å²) in [7, 11) is 0. The number of hydrogen-bond acceptors (Lipinski definition) is 5. The van der Waals surface area contributed by atoms with E-state index in [0.717, 1.165) is 16.4 Å². The van der Waals surface area contributed by atoms with Crippen molar-refractivity contribution in [3.63, 3.8) is 0 Å². The molecule has 9 nitrogen and oxygen atoms in total. The van der Waals surface area contributed by atoms with Gasteiger partial charge in [-0.2, -0.15) is 0 Å². The highest BCUT2D eigenvalue weighted by Crippen LogP contribution is 2.20. The van der Waals surface area contributed by atoms with E-state index < -0.39 is 12.1 Å². The van der Waals surface area contributed by atoms with Crippen LogP contribution in [-0.2, 0) is 16.0 Å². The van der Waals surface area contributed by atoms with Gasteiger partial charge >= 0.3 is 6.03 Å². The van der Waals surface area contributed by atoms with Crippen molar-refractivity contribution in [3.05, 3.63) is 60.6 Å². The number of rotatable bonds is 7. The van der Waals surface area contributed by atoms with Crippen molar-refractivity contribution in [2.24, 2.45) is 0 Å². The van der Waals surface area contributed by atoms with Crippen LogP contribution in [0.3, 0.4) is 0 Å². The van der Waals surface area contributed by atoms with Crippen molar-refractivity contribution < 1.29 is 14.4 Å². The molecule has 1 unspecified atom stereocenters. The third-order valence-corrected chi connectivity index (χ3v) is 4.75. The minimum Gasteiger partial charge on any atom is -0.356 e. The molecule has 9 heteroatoms. The molecule has 0 saturated carbocycles. The number of benzene rings is 1. The molecule has 1 saturated heterocycles. The Balaban J connectivity index is 1.25. The first-order valence-corrected chi connectivity index (χ1v) is 9.38. The van der Waals surface area contributed by atoms with Crippen LogP contribution in [0, 0.1) is 0 Å². The number of imide groups is 1. The van der Waals surface area contributed by atoms with Crippen LogP contribution in [0.1, 0.15) is 18.7 Å². The van der Waals surface area contributed by atoms with Gasteiger partial charge in [0.25, 0.3) is 5.91 Å².